The topological polar surface area (TPSA) is 165 Å². The number of hydrogen-bond donors (Lipinski definition) is 5. The number of aliphatic carboxylic acids is 1. The van der Waals surface area contributed by atoms with E-state index in [1.807, 2.05) is 0 Å². The standard InChI is InChI=1S/C18H30N3O6P.H2/c1-12(2)17(21-16(22)15(20)13-8-4-3-5-9-13)28(25,26)27-14(18(23)24)10-6-7-11-19;/h3-5,8-9,12,14-15,17H,6-7,10-11,19-20H2,1-2H3,(H,21,22)(H,23,24)(H,25,26);1H. The van der Waals surface area contributed by atoms with Crippen LogP contribution in [0.4, 0.5) is 0 Å². The summed E-state index contributed by atoms with van der Waals surface area (Å²) in [5.74, 6) is -3.80. The van der Waals surface area contributed by atoms with Gasteiger partial charge in [0.2, 0.25) is 5.91 Å². The van der Waals surface area contributed by atoms with Gasteiger partial charge in [-0.3, -0.25) is 13.9 Å². The van der Waals surface area contributed by atoms with Gasteiger partial charge in [-0.15, -0.1) is 0 Å². The van der Waals surface area contributed by atoms with Gasteiger partial charge in [0, 0.05) is 1.43 Å². The zero-order chi connectivity index (χ0) is 21.3. The summed E-state index contributed by atoms with van der Waals surface area (Å²) in [6, 6.07) is 7.52. The average molecular weight is 417 g/mol. The van der Waals surface area contributed by atoms with Gasteiger partial charge in [0.1, 0.15) is 11.8 Å². The highest BCUT2D eigenvalue weighted by molar-refractivity contribution is 7.53. The molecule has 1 aromatic rings. The highest BCUT2D eigenvalue weighted by Gasteiger charge is 2.40. The van der Waals surface area contributed by atoms with Crippen molar-refractivity contribution in [3.63, 3.8) is 0 Å². The summed E-state index contributed by atoms with van der Waals surface area (Å²) in [5.41, 5.74) is 11.9. The molecule has 7 N–H and O–H groups in total. The van der Waals surface area contributed by atoms with Crippen molar-refractivity contribution >= 4 is 19.5 Å². The number of amides is 1. The molecule has 0 aliphatic rings. The fourth-order valence-electron chi connectivity index (χ4n) is 2.62. The summed E-state index contributed by atoms with van der Waals surface area (Å²) in [6.45, 7) is 3.62. The van der Waals surface area contributed by atoms with Crippen LogP contribution in [0.2, 0.25) is 0 Å². The molecule has 1 aromatic carbocycles. The lowest BCUT2D eigenvalue weighted by Crippen LogP contribution is -2.44. The molecule has 0 spiro atoms. The predicted octanol–water partition coefficient (Wildman–Crippen LogP) is 1.81. The largest absolute Gasteiger partial charge is 0.479 e. The van der Waals surface area contributed by atoms with E-state index in [9.17, 15) is 24.2 Å². The molecule has 0 bridgehead atoms. The van der Waals surface area contributed by atoms with E-state index in [4.69, 9.17) is 16.0 Å². The quantitative estimate of drug-likeness (QED) is 0.254. The van der Waals surface area contributed by atoms with Crippen LogP contribution < -0.4 is 16.8 Å². The fraction of sp³-hybridized carbons (Fsp3) is 0.556. The van der Waals surface area contributed by atoms with Crippen molar-refractivity contribution in [2.24, 2.45) is 17.4 Å². The first kappa shape index (κ1) is 24.3. The van der Waals surface area contributed by atoms with E-state index in [1.165, 1.54) is 0 Å². The van der Waals surface area contributed by atoms with Crippen LogP contribution in [0.25, 0.3) is 0 Å². The van der Waals surface area contributed by atoms with Crippen LogP contribution in [0.15, 0.2) is 30.3 Å². The van der Waals surface area contributed by atoms with Crippen LogP contribution in [0.5, 0.6) is 0 Å². The first-order chi connectivity index (χ1) is 13.1. The van der Waals surface area contributed by atoms with Gasteiger partial charge in [-0.25, -0.2) is 4.79 Å². The maximum absolute atomic E-state index is 12.8. The van der Waals surface area contributed by atoms with E-state index >= 15 is 0 Å². The summed E-state index contributed by atoms with van der Waals surface area (Å²) in [5, 5.41) is 11.7. The predicted molar refractivity (Wildman–Crippen MR) is 107 cm³/mol. The second-order valence-corrected chi connectivity index (χ2v) is 8.76. The molecular weight excluding hydrogens is 385 g/mol. The van der Waals surface area contributed by atoms with Crippen molar-refractivity contribution < 1.29 is 30.1 Å². The van der Waals surface area contributed by atoms with Crippen LogP contribution in [-0.2, 0) is 18.7 Å². The Bertz CT molecular complexity index is 691. The third-order valence-electron chi connectivity index (χ3n) is 4.19. The molecule has 0 saturated heterocycles. The zero-order valence-corrected chi connectivity index (χ0v) is 17.0. The highest BCUT2D eigenvalue weighted by atomic mass is 31.2. The van der Waals surface area contributed by atoms with E-state index < -0.39 is 43.3 Å². The Morgan fingerprint density at radius 2 is 1.86 bits per heavy atom. The van der Waals surface area contributed by atoms with Crippen LogP contribution in [0.3, 0.4) is 0 Å². The maximum atomic E-state index is 12.8. The number of carbonyl (C=O) groups is 2. The van der Waals surface area contributed by atoms with Gasteiger partial charge in [-0.05, 0) is 37.3 Å². The number of rotatable bonds is 12. The molecule has 10 heteroatoms. The molecule has 0 fully saturated rings. The number of carboxylic acids is 1. The van der Waals surface area contributed by atoms with Crippen molar-refractivity contribution in [1.82, 2.24) is 5.32 Å². The average Bonchev–Trinajstić information content (AvgIpc) is 2.64. The molecule has 0 aliphatic heterocycles. The van der Waals surface area contributed by atoms with E-state index in [0.717, 1.165) is 0 Å². The second-order valence-electron chi connectivity index (χ2n) is 6.87. The molecule has 4 unspecified atom stereocenters. The highest BCUT2D eigenvalue weighted by Crippen LogP contribution is 2.50. The summed E-state index contributed by atoms with van der Waals surface area (Å²) < 4.78 is 17.9. The van der Waals surface area contributed by atoms with E-state index in [1.54, 1.807) is 44.2 Å². The number of hydrogen-bond acceptors (Lipinski definition) is 6. The number of carboxylic acid groups (broad SMARTS) is 1. The Morgan fingerprint density at radius 3 is 2.36 bits per heavy atom. The van der Waals surface area contributed by atoms with Gasteiger partial charge in [-0.1, -0.05) is 44.2 Å². The van der Waals surface area contributed by atoms with Crippen molar-refractivity contribution in [2.45, 2.75) is 51.0 Å². The van der Waals surface area contributed by atoms with Crippen molar-refractivity contribution in [3.8, 4) is 0 Å². The number of nitrogens with one attached hydrogen (secondary N) is 1. The lowest BCUT2D eigenvalue weighted by molar-refractivity contribution is -0.145. The third-order valence-corrected chi connectivity index (χ3v) is 6.17. The molecule has 0 heterocycles. The Morgan fingerprint density at radius 1 is 1.25 bits per heavy atom. The van der Waals surface area contributed by atoms with Gasteiger partial charge in [0.15, 0.2) is 6.10 Å². The van der Waals surface area contributed by atoms with Gasteiger partial charge < -0.3 is 26.8 Å². The molecular formula is C18H32N3O6P. The lowest BCUT2D eigenvalue weighted by atomic mass is 10.1. The summed E-state index contributed by atoms with van der Waals surface area (Å²) in [6.07, 6.45) is -0.424. The lowest BCUT2D eigenvalue weighted by Gasteiger charge is -2.29. The van der Waals surface area contributed by atoms with Crippen molar-refractivity contribution in [1.29, 1.82) is 0 Å². The van der Waals surface area contributed by atoms with Crippen molar-refractivity contribution in [2.75, 3.05) is 6.54 Å². The molecule has 0 radical (unpaired) electrons. The summed E-state index contributed by atoms with van der Waals surface area (Å²) in [7, 11) is -4.50. The normalized spacial score (nSPS) is 16.8. The zero-order valence-electron chi connectivity index (χ0n) is 16.2. The van der Waals surface area contributed by atoms with Crippen molar-refractivity contribution in [3.05, 3.63) is 35.9 Å². The Balaban J connectivity index is 0.00000784. The number of carbonyl (C=O) groups excluding carboxylic acids is 1. The molecule has 4 atom stereocenters. The molecule has 0 saturated carbocycles. The Labute approximate surface area is 166 Å². The molecule has 160 valence electrons. The van der Waals surface area contributed by atoms with E-state index in [-0.39, 0.29) is 7.85 Å². The number of benzene rings is 1. The van der Waals surface area contributed by atoms with E-state index in [2.05, 4.69) is 5.32 Å². The molecule has 1 rings (SSSR count). The van der Waals surface area contributed by atoms with Gasteiger partial charge in [0.25, 0.3) is 0 Å². The molecule has 0 aromatic heterocycles. The first-order valence-corrected chi connectivity index (χ1v) is 10.8. The Kier molecular flexibility index (Phi) is 9.78. The summed E-state index contributed by atoms with van der Waals surface area (Å²) in [4.78, 5) is 34.3. The minimum Gasteiger partial charge on any atom is -0.479 e. The van der Waals surface area contributed by atoms with Gasteiger partial charge >= 0.3 is 13.6 Å². The van der Waals surface area contributed by atoms with Crippen LogP contribution in [0, 0.1) is 5.92 Å². The minimum absolute atomic E-state index is 0. The number of unbranched alkanes of at least 4 members (excludes halogenated alkanes) is 1. The monoisotopic (exact) mass is 417 g/mol. The fourth-order valence-corrected chi connectivity index (χ4v) is 4.35. The second kappa shape index (κ2) is 11.3. The molecule has 9 nitrogen and oxygen atoms in total. The van der Waals surface area contributed by atoms with E-state index in [0.29, 0.717) is 24.9 Å². The van der Waals surface area contributed by atoms with Crippen LogP contribution >= 0.6 is 7.60 Å². The SMILES string of the molecule is CC(C)C(NC(=O)C(N)c1ccccc1)P(=O)(O)OC(CCCCN)C(=O)O.[HH]. The first-order valence-electron chi connectivity index (χ1n) is 9.14. The Hall–Kier alpha value is -1.77. The smallest absolute Gasteiger partial charge is 0.351 e. The maximum Gasteiger partial charge on any atom is 0.351 e. The molecule has 28 heavy (non-hydrogen) atoms. The van der Waals surface area contributed by atoms with Gasteiger partial charge in [0.05, 0.1) is 0 Å². The molecule has 0 aliphatic carbocycles. The van der Waals surface area contributed by atoms with Crippen LogP contribution in [0.1, 0.15) is 46.1 Å². The summed E-state index contributed by atoms with van der Waals surface area (Å²) >= 11 is 0. The minimum atomic E-state index is -4.50. The third kappa shape index (κ3) is 7.33. The number of nitrogens with two attached hydrogens (primary N) is 2. The molecule has 1 amide bonds. The van der Waals surface area contributed by atoms with Crippen LogP contribution in [-0.4, -0.2) is 40.3 Å². The van der Waals surface area contributed by atoms with Gasteiger partial charge in [-0.2, -0.15) is 0 Å².